The minimum absolute atomic E-state index is 0.355. The Bertz CT molecular complexity index is 464. The van der Waals surface area contributed by atoms with Crippen LogP contribution in [0.2, 0.25) is 0 Å². The zero-order valence-electron chi connectivity index (χ0n) is 8.64. The topological polar surface area (TPSA) is 63.2 Å². The molecule has 80 valence electrons. The zero-order chi connectivity index (χ0) is 10.8. The number of benzene rings is 1. The molecular formula is C11H15N3O. The molecule has 0 spiro atoms. The molecule has 4 heteroatoms. The molecule has 4 nitrogen and oxygen atoms in total. The summed E-state index contributed by atoms with van der Waals surface area (Å²) in [5.41, 5.74) is 4.50. The molecule has 15 heavy (non-hydrogen) atoms. The molecule has 0 aliphatic rings. The molecule has 1 aromatic carbocycles. The van der Waals surface area contributed by atoms with Gasteiger partial charge in [0.2, 0.25) is 0 Å². The van der Waals surface area contributed by atoms with Gasteiger partial charge in [-0.2, -0.15) is 0 Å². The Hall–Kier alpha value is -1.36. The van der Waals surface area contributed by atoms with Crippen LogP contribution in [-0.4, -0.2) is 16.2 Å². The van der Waals surface area contributed by atoms with Crippen LogP contribution in [0.3, 0.4) is 0 Å². The number of nitrogens with zero attached hydrogens (tertiary/aromatic N) is 1. The second-order valence-electron chi connectivity index (χ2n) is 3.64. The summed E-state index contributed by atoms with van der Waals surface area (Å²) in [6.07, 6.45) is 1.37. The van der Waals surface area contributed by atoms with Crippen molar-refractivity contribution in [1.29, 1.82) is 0 Å². The van der Waals surface area contributed by atoms with Gasteiger partial charge in [0.25, 0.3) is 0 Å². The average molecular weight is 205 g/mol. The van der Waals surface area contributed by atoms with E-state index in [2.05, 4.69) is 5.43 Å². The number of hydrazine groups is 1. The summed E-state index contributed by atoms with van der Waals surface area (Å²) in [7, 11) is 1.97. The maximum Gasteiger partial charge on any atom is 0.0948 e. The molecule has 0 amide bonds. The van der Waals surface area contributed by atoms with E-state index in [0.717, 1.165) is 16.5 Å². The lowest BCUT2D eigenvalue weighted by Crippen LogP contribution is -2.27. The maximum absolute atomic E-state index is 9.88. The van der Waals surface area contributed by atoms with Crippen LogP contribution in [0.5, 0.6) is 0 Å². The summed E-state index contributed by atoms with van der Waals surface area (Å²) < 4.78 is 2.00. The predicted molar refractivity (Wildman–Crippen MR) is 60.1 cm³/mol. The molecule has 0 saturated carbocycles. The van der Waals surface area contributed by atoms with Crippen molar-refractivity contribution in [2.24, 2.45) is 12.9 Å². The largest absolute Gasteiger partial charge is 0.387 e. The number of nitrogens with one attached hydrogen (secondary N) is 1. The molecular weight excluding hydrogens is 190 g/mol. The number of hydrogen-bond donors (Lipinski definition) is 3. The zero-order valence-corrected chi connectivity index (χ0v) is 8.64. The van der Waals surface area contributed by atoms with Gasteiger partial charge in [0.15, 0.2) is 0 Å². The lowest BCUT2D eigenvalue weighted by atomic mass is 10.1. The third kappa shape index (κ3) is 1.74. The van der Waals surface area contributed by atoms with Crippen molar-refractivity contribution in [3.8, 4) is 0 Å². The maximum atomic E-state index is 9.88. The lowest BCUT2D eigenvalue weighted by Gasteiger charge is -2.07. The molecule has 0 aliphatic heterocycles. The summed E-state index contributed by atoms with van der Waals surface area (Å²) in [6, 6.07) is 7.99. The molecule has 1 heterocycles. The van der Waals surface area contributed by atoms with Gasteiger partial charge in [-0.05, 0) is 6.07 Å². The number of rotatable bonds is 3. The van der Waals surface area contributed by atoms with Crippen LogP contribution in [0.1, 0.15) is 11.7 Å². The van der Waals surface area contributed by atoms with Crippen LogP contribution >= 0.6 is 0 Å². The number of aliphatic hydroxyl groups excluding tert-OH is 1. The number of aliphatic hydroxyl groups is 1. The van der Waals surface area contributed by atoms with Gasteiger partial charge in [-0.25, -0.2) is 0 Å². The average Bonchev–Trinajstić information content (AvgIpc) is 2.58. The first kappa shape index (κ1) is 10.2. The molecule has 2 rings (SSSR count). The Balaban J connectivity index is 2.52. The van der Waals surface area contributed by atoms with E-state index in [-0.39, 0.29) is 0 Å². The van der Waals surface area contributed by atoms with Gasteiger partial charge in [-0.1, -0.05) is 18.2 Å². The third-order valence-electron chi connectivity index (χ3n) is 2.60. The highest BCUT2D eigenvalue weighted by Gasteiger charge is 2.13. The Kier molecular flexibility index (Phi) is 2.73. The van der Waals surface area contributed by atoms with E-state index in [9.17, 15) is 5.11 Å². The SMILES string of the molecule is Cn1cc(C(O)CNN)c2ccccc21. The molecule has 0 saturated heterocycles. The number of aryl methyl sites for hydroxylation is 1. The molecule has 4 N–H and O–H groups in total. The highest BCUT2D eigenvalue weighted by atomic mass is 16.3. The summed E-state index contributed by atoms with van der Waals surface area (Å²) in [4.78, 5) is 0. The van der Waals surface area contributed by atoms with Crippen molar-refractivity contribution < 1.29 is 5.11 Å². The van der Waals surface area contributed by atoms with Crippen LogP contribution in [0.4, 0.5) is 0 Å². The molecule has 0 aliphatic carbocycles. The minimum Gasteiger partial charge on any atom is -0.387 e. The molecule has 0 fully saturated rings. The van der Waals surface area contributed by atoms with Gasteiger partial charge in [-0.15, -0.1) is 0 Å². The van der Waals surface area contributed by atoms with Gasteiger partial charge in [-0.3, -0.25) is 11.3 Å². The van der Waals surface area contributed by atoms with Crippen LogP contribution in [0, 0.1) is 0 Å². The minimum atomic E-state index is -0.568. The Labute approximate surface area is 88.3 Å². The third-order valence-corrected chi connectivity index (χ3v) is 2.60. The second-order valence-corrected chi connectivity index (χ2v) is 3.64. The van der Waals surface area contributed by atoms with Crippen LogP contribution in [0.25, 0.3) is 10.9 Å². The van der Waals surface area contributed by atoms with E-state index in [1.165, 1.54) is 0 Å². The van der Waals surface area contributed by atoms with Gasteiger partial charge in [0, 0.05) is 36.3 Å². The summed E-state index contributed by atoms with van der Waals surface area (Å²) >= 11 is 0. The van der Waals surface area contributed by atoms with Gasteiger partial charge >= 0.3 is 0 Å². The van der Waals surface area contributed by atoms with Crippen LogP contribution < -0.4 is 11.3 Å². The molecule has 2 aromatic rings. The standard InChI is InChI=1S/C11H15N3O/c1-14-7-9(11(15)6-13-12)8-4-2-3-5-10(8)14/h2-5,7,11,13,15H,6,12H2,1H3. The van der Waals surface area contributed by atoms with E-state index >= 15 is 0 Å². The van der Waals surface area contributed by atoms with Gasteiger partial charge in [0.1, 0.15) is 0 Å². The normalized spacial score (nSPS) is 13.3. The fraction of sp³-hybridized carbons (Fsp3) is 0.273. The van der Waals surface area contributed by atoms with E-state index in [4.69, 9.17) is 5.84 Å². The van der Waals surface area contributed by atoms with E-state index in [1.807, 2.05) is 42.1 Å². The summed E-state index contributed by atoms with van der Waals surface area (Å²) in [6.45, 7) is 0.355. The fourth-order valence-corrected chi connectivity index (χ4v) is 1.86. The quantitative estimate of drug-likeness (QED) is 0.510. The van der Waals surface area contributed by atoms with E-state index < -0.39 is 6.10 Å². The highest BCUT2D eigenvalue weighted by molar-refractivity contribution is 5.84. The summed E-state index contributed by atoms with van der Waals surface area (Å²) in [5.74, 6) is 5.20. The number of hydrogen-bond acceptors (Lipinski definition) is 3. The second kappa shape index (κ2) is 4.02. The first-order valence-electron chi connectivity index (χ1n) is 4.89. The smallest absolute Gasteiger partial charge is 0.0948 e. The highest BCUT2D eigenvalue weighted by Crippen LogP contribution is 2.25. The van der Waals surface area contributed by atoms with Crippen molar-refractivity contribution >= 4 is 10.9 Å². The van der Waals surface area contributed by atoms with Crippen molar-refractivity contribution in [1.82, 2.24) is 9.99 Å². The number of aromatic nitrogens is 1. The predicted octanol–water partition coefficient (Wildman–Crippen LogP) is 0.675. The summed E-state index contributed by atoms with van der Waals surface area (Å²) in [5, 5.41) is 10.9. The van der Waals surface area contributed by atoms with Crippen LogP contribution in [-0.2, 0) is 7.05 Å². The van der Waals surface area contributed by atoms with Crippen molar-refractivity contribution in [3.05, 3.63) is 36.0 Å². The first-order valence-corrected chi connectivity index (χ1v) is 4.89. The first-order chi connectivity index (χ1) is 7.24. The molecule has 1 aromatic heterocycles. The molecule has 1 atom stereocenters. The number of para-hydroxylation sites is 1. The lowest BCUT2D eigenvalue weighted by molar-refractivity contribution is 0.176. The number of nitrogens with two attached hydrogens (primary N) is 1. The molecule has 1 unspecified atom stereocenters. The van der Waals surface area contributed by atoms with E-state index in [1.54, 1.807) is 0 Å². The van der Waals surface area contributed by atoms with E-state index in [0.29, 0.717) is 6.54 Å². The van der Waals surface area contributed by atoms with Crippen molar-refractivity contribution in [3.63, 3.8) is 0 Å². The van der Waals surface area contributed by atoms with Gasteiger partial charge < -0.3 is 9.67 Å². The molecule has 0 radical (unpaired) electrons. The van der Waals surface area contributed by atoms with Gasteiger partial charge in [0.05, 0.1) is 6.10 Å². The number of fused-ring (bicyclic) bond motifs is 1. The van der Waals surface area contributed by atoms with Crippen molar-refractivity contribution in [2.75, 3.05) is 6.54 Å². The Morgan fingerprint density at radius 2 is 2.20 bits per heavy atom. The molecule has 0 bridgehead atoms. The van der Waals surface area contributed by atoms with Crippen LogP contribution in [0.15, 0.2) is 30.5 Å². The van der Waals surface area contributed by atoms with Crippen molar-refractivity contribution in [2.45, 2.75) is 6.10 Å². The fourth-order valence-electron chi connectivity index (χ4n) is 1.86. The Morgan fingerprint density at radius 3 is 2.93 bits per heavy atom. The monoisotopic (exact) mass is 205 g/mol. The Morgan fingerprint density at radius 1 is 1.47 bits per heavy atom.